The minimum absolute atomic E-state index is 0.0268. The summed E-state index contributed by atoms with van der Waals surface area (Å²) in [6.45, 7) is 1.34. The molecule has 0 saturated heterocycles. The number of ether oxygens (including phenoxy) is 1. The summed E-state index contributed by atoms with van der Waals surface area (Å²) in [5, 5.41) is 0. The zero-order valence-electron chi connectivity index (χ0n) is 5.54. The van der Waals surface area contributed by atoms with E-state index in [1.165, 1.54) is 6.92 Å². The second kappa shape index (κ2) is 1.69. The lowest BCUT2D eigenvalue weighted by Crippen LogP contribution is -1.88. The highest BCUT2D eigenvalue weighted by Crippen LogP contribution is 2.51. The van der Waals surface area contributed by atoms with E-state index in [-0.39, 0.29) is 17.1 Å². The molecule has 0 aliphatic carbocycles. The summed E-state index contributed by atoms with van der Waals surface area (Å²) in [7, 11) is 0. The van der Waals surface area contributed by atoms with Crippen LogP contribution in [-0.2, 0) is 0 Å². The molecule has 0 radical (unpaired) electrons. The predicted octanol–water partition coefficient (Wildman–Crippen LogP) is 2.52. The Balaban J connectivity index is 2.78. The number of halogens is 3. The van der Waals surface area contributed by atoms with Crippen LogP contribution in [0.15, 0.2) is 0 Å². The minimum atomic E-state index is -1.46. The van der Waals surface area contributed by atoms with Crippen LogP contribution in [0.25, 0.3) is 0 Å². The summed E-state index contributed by atoms with van der Waals surface area (Å²) >= 11 is 0. The molecule has 11 heavy (non-hydrogen) atoms. The van der Waals surface area contributed by atoms with E-state index in [0.29, 0.717) is 0 Å². The van der Waals surface area contributed by atoms with Crippen LogP contribution in [0.2, 0.25) is 0 Å². The van der Waals surface area contributed by atoms with E-state index in [0.717, 1.165) is 0 Å². The van der Waals surface area contributed by atoms with Crippen LogP contribution >= 0.6 is 0 Å². The zero-order valence-corrected chi connectivity index (χ0v) is 5.54. The third kappa shape index (κ3) is 0.664. The lowest BCUT2D eigenvalue weighted by atomic mass is 10.2. The van der Waals surface area contributed by atoms with Gasteiger partial charge in [0.2, 0.25) is 11.6 Å². The smallest absolute Gasteiger partial charge is 0.209 e. The maximum absolute atomic E-state index is 12.6. The fourth-order valence-electron chi connectivity index (χ4n) is 0.928. The number of hydrogen-bond donors (Lipinski definition) is 0. The molecule has 0 atom stereocenters. The zero-order chi connectivity index (χ0) is 8.17. The largest absolute Gasteiger partial charge is 0.446 e. The first-order chi connectivity index (χ1) is 5.13. The number of hydrogen-bond acceptors (Lipinski definition) is 1. The standard InChI is InChI=1S/C7H3F3O/c1-2-3(8)4(9)5(10)7-6(2)11-7/h1H3. The molecule has 4 heteroatoms. The Hall–Kier alpha value is -1.19. The molecular weight excluding hydrogens is 157 g/mol. The second-order valence-corrected chi connectivity index (χ2v) is 2.33. The highest BCUT2D eigenvalue weighted by atomic mass is 19.2. The van der Waals surface area contributed by atoms with Crippen molar-refractivity contribution in [2.24, 2.45) is 0 Å². The van der Waals surface area contributed by atoms with Crippen molar-refractivity contribution in [3.8, 4) is 11.5 Å². The first-order valence-corrected chi connectivity index (χ1v) is 2.98. The normalized spacial score (nSPS) is 12.4. The Morgan fingerprint density at radius 3 is 2.18 bits per heavy atom. The van der Waals surface area contributed by atoms with E-state index in [9.17, 15) is 13.2 Å². The SMILES string of the molecule is Cc1c(F)c(F)c(F)c2c1O2. The number of benzene rings is 1. The van der Waals surface area contributed by atoms with Crippen LogP contribution in [-0.4, -0.2) is 0 Å². The molecule has 1 aromatic carbocycles. The lowest BCUT2D eigenvalue weighted by molar-refractivity contribution is 0.443. The van der Waals surface area contributed by atoms with Crippen LogP contribution in [0, 0.1) is 24.4 Å². The Morgan fingerprint density at radius 1 is 0.909 bits per heavy atom. The van der Waals surface area contributed by atoms with E-state index >= 15 is 0 Å². The molecule has 58 valence electrons. The van der Waals surface area contributed by atoms with Crippen LogP contribution in [0.3, 0.4) is 0 Å². The van der Waals surface area contributed by atoms with Crippen LogP contribution in [0.4, 0.5) is 13.2 Å². The number of rotatable bonds is 0. The van der Waals surface area contributed by atoms with Gasteiger partial charge in [0, 0.05) is 5.56 Å². The number of fused-ring (bicyclic) bond motifs is 1. The first kappa shape index (κ1) is 6.52. The van der Waals surface area contributed by atoms with E-state index < -0.39 is 17.5 Å². The molecule has 0 unspecified atom stereocenters. The molecule has 0 aromatic heterocycles. The summed E-state index contributed by atoms with van der Waals surface area (Å²) in [5.74, 6) is -3.90. The van der Waals surface area contributed by atoms with Crippen molar-refractivity contribution in [1.82, 2.24) is 0 Å². The molecule has 1 aliphatic rings. The van der Waals surface area contributed by atoms with Crippen molar-refractivity contribution in [1.29, 1.82) is 0 Å². The van der Waals surface area contributed by atoms with Crippen molar-refractivity contribution in [3.05, 3.63) is 23.0 Å². The van der Waals surface area contributed by atoms with Crippen molar-refractivity contribution < 1.29 is 17.9 Å². The molecule has 1 heterocycles. The van der Waals surface area contributed by atoms with E-state index in [1.807, 2.05) is 0 Å². The topological polar surface area (TPSA) is 12.5 Å². The van der Waals surface area contributed by atoms with Gasteiger partial charge < -0.3 is 4.74 Å². The molecule has 0 N–H and O–H groups in total. The van der Waals surface area contributed by atoms with Gasteiger partial charge >= 0.3 is 0 Å². The van der Waals surface area contributed by atoms with Gasteiger partial charge in [0.25, 0.3) is 0 Å². The molecule has 0 amide bonds. The average molecular weight is 160 g/mol. The minimum Gasteiger partial charge on any atom is -0.446 e. The maximum atomic E-state index is 12.6. The molecule has 1 nitrogen and oxygen atoms in total. The summed E-state index contributed by atoms with van der Waals surface area (Å²) in [6.07, 6.45) is 0. The fraction of sp³-hybridized carbons (Fsp3) is 0.143. The third-order valence-electron chi connectivity index (χ3n) is 1.62. The van der Waals surface area contributed by atoms with Gasteiger partial charge in [0.15, 0.2) is 17.4 Å². The van der Waals surface area contributed by atoms with Gasteiger partial charge in [-0.1, -0.05) is 0 Å². The van der Waals surface area contributed by atoms with E-state index in [2.05, 4.69) is 4.74 Å². The van der Waals surface area contributed by atoms with Crippen molar-refractivity contribution >= 4 is 0 Å². The summed E-state index contributed by atoms with van der Waals surface area (Å²) in [6, 6.07) is 0. The quantitative estimate of drug-likeness (QED) is 0.426. The molecular formula is C7H3F3O. The maximum Gasteiger partial charge on any atom is 0.209 e. The van der Waals surface area contributed by atoms with Crippen LogP contribution in [0.5, 0.6) is 11.5 Å². The second-order valence-electron chi connectivity index (χ2n) is 2.33. The van der Waals surface area contributed by atoms with Gasteiger partial charge in [-0.05, 0) is 6.92 Å². The van der Waals surface area contributed by atoms with Crippen LogP contribution < -0.4 is 4.74 Å². The highest BCUT2D eigenvalue weighted by Gasteiger charge is 2.34. The van der Waals surface area contributed by atoms with Gasteiger partial charge in [0.1, 0.15) is 0 Å². The molecule has 0 bridgehead atoms. The van der Waals surface area contributed by atoms with Gasteiger partial charge in [-0.15, -0.1) is 0 Å². The predicted molar refractivity (Wildman–Crippen MR) is 31.1 cm³/mol. The van der Waals surface area contributed by atoms with Crippen molar-refractivity contribution in [2.75, 3.05) is 0 Å². The summed E-state index contributed by atoms with van der Waals surface area (Å²) in [4.78, 5) is 0. The van der Waals surface area contributed by atoms with E-state index in [4.69, 9.17) is 0 Å². The van der Waals surface area contributed by atoms with Gasteiger partial charge in [-0.25, -0.2) is 8.78 Å². The monoisotopic (exact) mass is 160 g/mol. The van der Waals surface area contributed by atoms with Crippen molar-refractivity contribution in [2.45, 2.75) is 6.92 Å². The Bertz CT molecular complexity index is 313. The molecule has 0 spiro atoms. The Labute approximate surface area is 60.4 Å². The highest BCUT2D eigenvalue weighted by molar-refractivity contribution is 5.60. The molecule has 2 rings (SSSR count). The molecule has 1 aliphatic heterocycles. The Morgan fingerprint density at radius 2 is 1.55 bits per heavy atom. The van der Waals surface area contributed by atoms with E-state index in [1.54, 1.807) is 0 Å². The van der Waals surface area contributed by atoms with Gasteiger partial charge in [-0.3, -0.25) is 0 Å². The fourth-order valence-corrected chi connectivity index (χ4v) is 0.928. The van der Waals surface area contributed by atoms with Gasteiger partial charge in [-0.2, -0.15) is 4.39 Å². The molecule has 0 fully saturated rings. The van der Waals surface area contributed by atoms with Gasteiger partial charge in [0.05, 0.1) is 0 Å². The summed E-state index contributed by atoms with van der Waals surface area (Å²) < 4.78 is 42.0. The molecule has 1 aromatic rings. The van der Waals surface area contributed by atoms with Crippen LogP contribution in [0.1, 0.15) is 5.56 Å². The first-order valence-electron chi connectivity index (χ1n) is 2.98. The lowest BCUT2D eigenvalue weighted by Gasteiger charge is -1.91. The third-order valence-corrected chi connectivity index (χ3v) is 1.62. The summed E-state index contributed by atoms with van der Waals surface area (Å²) in [5.41, 5.74) is 0.0268. The Kier molecular flexibility index (Phi) is 1.00. The molecule has 0 saturated carbocycles. The van der Waals surface area contributed by atoms with Crippen molar-refractivity contribution in [3.63, 3.8) is 0 Å². The average Bonchev–Trinajstić information content (AvgIpc) is 2.76.